The van der Waals surface area contributed by atoms with E-state index in [-0.39, 0.29) is 0 Å². The van der Waals surface area contributed by atoms with Gasteiger partial charge in [-0.1, -0.05) is 6.07 Å². The van der Waals surface area contributed by atoms with Crippen molar-refractivity contribution < 1.29 is 40.2 Å². The highest BCUT2D eigenvalue weighted by atomic mass is 19.4. The Morgan fingerprint density at radius 1 is 0.842 bits per heavy atom. The highest BCUT2D eigenvalue weighted by Crippen LogP contribution is 2.47. The molecule has 1 rings (SSSR count). The molecule has 19 heavy (non-hydrogen) atoms. The first kappa shape index (κ1) is 15.7. The zero-order valence-corrected chi connectivity index (χ0v) is 8.86. The van der Waals surface area contributed by atoms with Gasteiger partial charge in [-0.3, -0.25) is 0 Å². The largest absolute Gasteiger partial charge is 0.403 e. The van der Waals surface area contributed by atoms with Gasteiger partial charge in [0, 0.05) is 0 Å². The fourth-order valence-corrected chi connectivity index (χ4v) is 1.50. The van der Waals surface area contributed by atoms with Gasteiger partial charge in [0.2, 0.25) is 0 Å². The van der Waals surface area contributed by atoms with E-state index in [1.807, 2.05) is 0 Å². The quantitative estimate of drug-likeness (QED) is 0.824. The summed E-state index contributed by atoms with van der Waals surface area (Å²) in [7, 11) is 0. The van der Waals surface area contributed by atoms with Gasteiger partial charge in [0.05, 0.1) is 5.56 Å². The van der Waals surface area contributed by atoms with Crippen LogP contribution in [0.5, 0.6) is 0 Å². The molecule has 1 atom stereocenters. The summed E-state index contributed by atoms with van der Waals surface area (Å²) in [5.74, 6) is -7.65. The number of aliphatic hydroxyl groups excluding tert-OH is 1. The summed E-state index contributed by atoms with van der Waals surface area (Å²) >= 11 is 0. The Bertz CT molecular complexity index is 416. The van der Waals surface area contributed by atoms with Crippen molar-refractivity contribution in [1.29, 1.82) is 0 Å². The Balaban J connectivity index is 3.33. The fraction of sp³-hybridized carbons (Fsp3) is 0.400. The van der Waals surface area contributed by atoms with E-state index in [4.69, 9.17) is 5.11 Å². The van der Waals surface area contributed by atoms with Gasteiger partial charge in [-0.15, -0.1) is 0 Å². The third-order valence-corrected chi connectivity index (χ3v) is 2.32. The normalized spacial score (nSPS) is 14.8. The van der Waals surface area contributed by atoms with E-state index in [1.165, 1.54) is 0 Å². The van der Waals surface area contributed by atoms with Crippen LogP contribution in [0, 0.1) is 17.6 Å². The second-order valence-electron chi connectivity index (χ2n) is 3.64. The lowest BCUT2D eigenvalue weighted by Crippen LogP contribution is -2.41. The molecule has 0 heterocycles. The third-order valence-electron chi connectivity index (χ3n) is 2.32. The van der Waals surface area contributed by atoms with Gasteiger partial charge in [-0.25, -0.2) is 8.78 Å². The minimum atomic E-state index is -5.90. The van der Waals surface area contributed by atoms with Gasteiger partial charge < -0.3 is 5.11 Å². The van der Waals surface area contributed by atoms with E-state index in [1.54, 1.807) is 0 Å². The van der Waals surface area contributed by atoms with Crippen molar-refractivity contribution in [2.75, 3.05) is 0 Å². The zero-order valence-electron chi connectivity index (χ0n) is 8.86. The number of hydrogen-bond acceptors (Lipinski definition) is 1. The lowest BCUT2D eigenvalue weighted by atomic mass is 9.93. The molecule has 0 aliphatic rings. The summed E-state index contributed by atoms with van der Waals surface area (Å²) in [6.45, 7) is 0. The first-order chi connectivity index (χ1) is 8.46. The summed E-state index contributed by atoms with van der Waals surface area (Å²) < 4.78 is 99.9. The Kier molecular flexibility index (Phi) is 4.08. The highest BCUT2D eigenvalue weighted by molar-refractivity contribution is 5.23. The van der Waals surface area contributed by atoms with E-state index >= 15 is 0 Å². The Labute approximate surface area is 101 Å². The number of halogens is 8. The molecular formula is C10H6F8O. The maximum Gasteiger partial charge on any atom is 0.403 e. The number of hydrogen-bond donors (Lipinski definition) is 1. The summed E-state index contributed by atoms with van der Waals surface area (Å²) in [6, 6.07) is 1.65. The molecule has 0 radical (unpaired) electrons. The molecule has 1 unspecified atom stereocenters. The van der Waals surface area contributed by atoms with Crippen molar-refractivity contribution in [3.05, 3.63) is 35.4 Å². The van der Waals surface area contributed by atoms with Crippen LogP contribution in [0.2, 0.25) is 0 Å². The monoisotopic (exact) mass is 294 g/mol. The minimum absolute atomic E-state index is 0.450. The molecule has 0 aliphatic carbocycles. The molecule has 0 saturated carbocycles. The van der Waals surface area contributed by atoms with Gasteiger partial charge in [0.15, 0.2) is 5.92 Å². The lowest BCUT2D eigenvalue weighted by molar-refractivity contribution is -0.308. The standard InChI is InChI=1S/C10H6F8O/c11-4-2-1-3-5(12)6(4)7(19)8(9(13,14)15)10(16,17)18/h1-3,7-8,19H. The maximum absolute atomic E-state index is 13.1. The second kappa shape index (κ2) is 4.95. The summed E-state index contributed by atoms with van der Waals surface area (Å²) in [5, 5.41) is 9.09. The number of rotatable bonds is 2. The van der Waals surface area contributed by atoms with Gasteiger partial charge in [-0.2, -0.15) is 26.3 Å². The number of alkyl halides is 6. The minimum Gasteiger partial charge on any atom is -0.387 e. The topological polar surface area (TPSA) is 20.2 Å². The van der Waals surface area contributed by atoms with Crippen LogP contribution in [0.3, 0.4) is 0 Å². The lowest BCUT2D eigenvalue weighted by Gasteiger charge is -2.27. The van der Waals surface area contributed by atoms with E-state index in [2.05, 4.69) is 0 Å². The van der Waals surface area contributed by atoms with Crippen LogP contribution in [0.15, 0.2) is 18.2 Å². The maximum atomic E-state index is 13.1. The van der Waals surface area contributed by atoms with Gasteiger partial charge in [0.25, 0.3) is 0 Å². The molecule has 0 fully saturated rings. The van der Waals surface area contributed by atoms with Crippen molar-refractivity contribution in [1.82, 2.24) is 0 Å². The molecule has 1 aromatic carbocycles. The van der Waals surface area contributed by atoms with Gasteiger partial charge in [-0.05, 0) is 12.1 Å². The number of aliphatic hydroxyl groups is 1. The Hall–Kier alpha value is -1.38. The van der Waals surface area contributed by atoms with E-state index in [9.17, 15) is 35.1 Å². The van der Waals surface area contributed by atoms with E-state index in [0.29, 0.717) is 12.1 Å². The van der Waals surface area contributed by atoms with E-state index < -0.39 is 41.6 Å². The third kappa shape index (κ3) is 3.34. The van der Waals surface area contributed by atoms with Crippen molar-refractivity contribution >= 4 is 0 Å². The second-order valence-corrected chi connectivity index (χ2v) is 3.64. The first-order valence-electron chi connectivity index (χ1n) is 4.71. The predicted octanol–water partition coefficient (Wildman–Crippen LogP) is 3.74. The van der Waals surface area contributed by atoms with Crippen LogP contribution in [-0.2, 0) is 0 Å². The first-order valence-corrected chi connectivity index (χ1v) is 4.71. The molecule has 0 bridgehead atoms. The van der Waals surface area contributed by atoms with Crippen molar-refractivity contribution in [3.63, 3.8) is 0 Å². The molecule has 108 valence electrons. The fourth-order valence-electron chi connectivity index (χ4n) is 1.50. The van der Waals surface area contributed by atoms with Crippen molar-refractivity contribution in [2.24, 2.45) is 5.92 Å². The Morgan fingerprint density at radius 2 is 1.21 bits per heavy atom. The average Bonchev–Trinajstić information content (AvgIpc) is 2.11. The van der Waals surface area contributed by atoms with Crippen LogP contribution in [0.25, 0.3) is 0 Å². The van der Waals surface area contributed by atoms with E-state index in [0.717, 1.165) is 6.07 Å². The van der Waals surface area contributed by atoms with Crippen LogP contribution < -0.4 is 0 Å². The molecule has 1 N–H and O–H groups in total. The molecule has 0 amide bonds. The summed E-state index contributed by atoms with van der Waals surface area (Å²) in [6.07, 6.45) is -15.2. The summed E-state index contributed by atoms with van der Waals surface area (Å²) in [4.78, 5) is 0. The smallest absolute Gasteiger partial charge is 0.387 e. The van der Waals surface area contributed by atoms with Crippen LogP contribution in [0.1, 0.15) is 11.7 Å². The molecule has 0 spiro atoms. The highest BCUT2D eigenvalue weighted by Gasteiger charge is 2.61. The van der Waals surface area contributed by atoms with Gasteiger partial charge >= 0.3 is 12.4 Å². The average molecular weight is 294 g/mol. The van der Waals surface area contributed by atoms with Crippen LogP contribution >= 0.6 is 0 Å². The SMILES string of the molecule is OC(c1c(F)cccc1F)C(C(F)(F)F)C(F)(F)F. The molecular weight excluding hydrogens is 288 g/mol. The molecule has 9 heteroatoms. The zero-order chi connectivity index (χ0) is 15.0. The molecule has 1 aromatic rings. The predicted molar refractivity (Wildman–Crippen MR) is 46.9 cm³/mol. The molecule has 0 aliphatic heterocycles. The Morgan fingerprint density at radius 3 is 1.53 bits per heavy atom. The number of benzene rings is 1. The molecule has 0 aromatic heterocycles. The van der Waals surface area contributed by atoms with Crippen LogP contribution in [0.4, 0.5) is 35.1 Å². The van der Waals surface area contributed by atoms with Crippen molar-refractivity contribution in [3.8, 4) is 0 Å². The van der Waals surface area contributed by atoms with Gasteiger partial charge in [0.1, 0.15) is 17.7 Å². The molecule has 0 saturated heterocycles. The van der Waals surface area contributed by atoms with Crippen molar-refractivity contribution in [2.45, 2.75) is 18.5 Å². The molecule has 1 nitrogen and oxygen atoms in total. The summed E-state index contributed by atoms with van der Waals surface area (Å²) in [5.41, 5.74) is -1.66. The van der Waals surface area contributed by atoms with Crippen LogP contribution in [-0.4, -0.2) is 17.5 Å².